The zero-order chi connectivity index (χ0) is 11.8. The van der Waals surface area contributed by atoms with E-state index in [4.69, 9.17) is 5.11 Å². The molecule has 1 aromatic rings. The molecule has 2 N–H and O–H groups in total. The highest BCUT2D eigenvalue weighted by Crippen LogP contribution is 2.52. The Kier molecular flexibility index (Phi) is 2.68. The fraction of sp³-hybridized carbons (Fsp3) is 0.500. The van der Waals surface area contributed by atoms with Gasteiger partial charge >= 0.3 is 0 Å². The van der Waals surface area contributed by atoms with Crippen LogP contribution in [0.5, 0.6) is 0 Å². The normalized spacial score (nSPS) is 21.6. The third kappa shape index (κ3) is 2.07. The van der Waals surface area contributed by atoms with Crippen molar-refractivity contribution in [3.63, 3.8) is 0 Å². The molecule has 1 fully saturated rings. The summed E-state index contributed by atoms with van der Waals surface area (Å²) in [7, 11) is 0. The number of anilines is 1. The second-order valence-corrected chi connectivity index (χ2v) is 4.93. The van der Waals surface area contributed by atoms with Gasteiger partial charge < -0.3 is 10.4 Å². The maximum absolute atomic E-state index is 11.8. The summed E-state index contributed by atoms with van der Waals surface area (Å²) in [6, 6.07) is 1.70. The largest absolute Gasteiger partial charge is 0.392 e. The van der Waals surface area contributed by atoms with Crippen LogP contribution in [0.25, 0.3) is 0 Å². The zero-order valence-electron chi connectivity index (χ0n) is 9.53. The SMILES string of the molecule is CC1(C)C[C@@H]1C(=O)Nc1cnccc1CO. The van der Waals surface area contributed by atoms with Gasteiger partial charge in [0.15, 0.2) is 0 Å². The number of amides is 1. The molecule has 0 aromatic carbocycles. The van der Waals surface area contributed by atoms with Crippen LogP contribution >= 0.6 is 0 Å². The van der Waals surface area contributed by atoms with Gasteiger partial charge in [-0.05, 0) is 17.9 Å². The fourth-order valence-corrected chi connectivity index (χ4v) is 1.81. The van der Waals surface area contributed by atoms with E-state index >= 15 is 0 Å². The zero-order valence-corrected chi connectivity index (χ0v) is 9.53. The minimum Gasteiger partial charge on any atom is -0.392 e. The Balaban J connectivity index is 2.07. The summed E-state index contributed by atoms with van der Waals surface area (Å²) in [5, 5.41) is 11.9. The highest BCUT2D eigenvalue weighted by molar-refractivity contribution is 5.95. The number of nitrogens with zero attached hydrogens (tertiary/aromatic N) is 1. The quantitative estimate of drug-likeness (QED) is 0.812. The first-order chi connectivity index (χ1) is 7.54. The van der Waals surface area contributed by atoms with E-state index in [1.165, 1.54) is 0 Å². The molecule has 16 heavy (non-hydrogen) atoms. The third-order valence-electron chi connectivity index (χ3n) is 3.17. The number of aromatic nitrogens is 1. The van der Waals surface area contributed by atoms with Gasteiger partial charge in [0.05, 0.1) is 18.5 Å². The lowest BCUT2D eigenvalue weighted by Gasteiger charge is -2.09. The van der Waals surface area contributed by atoms with E-state index in [-0.39, 0.29) is 23.8 Å². The Labute approximate surface area is 94.7 Å². The van der Waals surface area contributed by atoms with Crippen LogP contribution in [0.15, 0.2) is 18.5 Å². The minimum atomic E-state index is -0.0911. The van der Waals surface area contributed by atoms with Gasteiger partial charge in [0.2, 0.25) is 5.91 Å². The lowest BCUT2D eigenvalue weighted by atomic mass is 10.1. The average molecular weight is 220 g/mol. The van der Waals surface area contributed by atoms with Crippen LogP contribution in [-0.4, -0.2) is 16.0 Å². The van der Waals surface area contributed by atoms with E-state index < -0.39 is 0 Å². The highest BCUT2D eigenvalue weighted by Gasteiger charge is 2.50. The van der Waals surface area contributed by atoms with Crippen LogP contribution in [0.4, 0.5) is 5.69 Å². The molecule has 1 heterocycles. The van der Waals surface area contributed by atoms with Crippen molar-refractivity contribution in [3.8, 4) is 0 Å². The molecule has 0 unspecified atom stereocenters. The van der Waals surface area contributed by atoms with Gasteiger partial charge in [0.1, 0.15) is 0 Å². The topological polar surface area (TPSA) is 62.2 Å². The summed E-state index contributed by atoms with van der Waals surface area (Å²) < 4.78 is 0. The lowest BCUT2D eigenvalue weighted by Crippen LogP contribution is -2.17. The van der Waals surface area contributed by atoms with Crippen LogP contribution in [0.1, 0.15) is 25.8 Å². The first kappa shape index (κ1) is 11.1. The van der Waals surface area contributed by atoms with Crippen molar-refractivity contribution in [2.75, 3.05) is 5.32 Å². The molecule has 0 radical (unpaired) electrons. The number of aliphatic hydroxyl groups excluding tert-OH is 1. The van der Waals surface area contributed by atoms with E-state index in [1.807, 2.05) is 0 Å². The van der Waals surface area contributed by atoms with Crippen molar-refractivity contribution >= 4 is 11.6 Å². The third-order valence-corrected chi connectivity index (χ3v) is 3.17. The Morgan fingerprint density at radius 1 is 1.69 bits per heavy atom. The van der Waals surface area contributed by atoms with Gasteiger partial charge in [-0.2, -0.15) is 0 Å². The van der Waals surface area contributed by atoms with E-state index in [9.17, 15) is 4.79 Å². The number of aliphatic hydroxyl groups is 1. The van der Waals surface area contributed by atoms with Crippen LogP contribution < -0.4 is 5.32 Å². The molecule has 4 nitrogen and oxygen atoms in total. The van der Waals surface area contributed by atoms with Crippen LogP contribution in [0.2, 0.25) is 0 Å². The number of hydrogen-bond acceptors (Lipinski definition) is 3. The first-order valence-corrected chi connectivity index (χ1v) is 5.39. The second kappa shape index (κ2) is 3.87. The summed E-state index contributed by atoms with van der Waals surface area (Å²) in [6.45, 7) is 4.06. The number of carbonyl (C=O) groups is 1. The average Bonchev–Trinajstić information content (AvgIpc) is 2.89. The van der Waals surface area contributed by atoms with Gasteiger partial charge in [-0.25, -0.2) is 0 Å². The van der Waals surface area contributed by atoms with Crippen molar-refractivity contribution in [2.24, 2.45) is 11.3 Å². The Bertz CT molecular complexity index is 415. The monoisotopic (exact) mass is 220 g/mol. The molecule has 4 heteroatoms. The van der Waals surface area contributed by atoms with Crippen molar-refractivity contribution in [1.29, 1.82) is 0 Å². The summed E-state index contributed by atoms with van der Waals surface area (Å²) in [6.07, 6.45) is 4.09. The van der Waals surface area contributed by atoms with E-state index in [2.05, 4.69) is 24.1 Å². The number of carbonyl (C=O) groups excluding carboxylic acids is 1. The highest BCUT2D eigenvalue weighted by atomic mass is 16.3. The smallest absolute Gasteiger partial charge is 0.228 e. The summed E-state index contributed by atoms with van der Waals surface area (Å²) in [5.74, 6) is 0.104. The molecule has 1 aliphatic rings. The maximum Gasteiger partial charge on any atom is 0.228 e. The number of rotatable bonds is 3. The fourth-order valence-electron chi connectivity index (χ4n) is 1.81. The molecule has 1 aromatic heterocycles. The second-order valence-electron chi connectivity index (χ2n) is 4.93. The molecule has 0 bridgehead atoms. The predicted octanol–water partition coefficient (Wildman–Crippen LogP) is 1.56. The van der Waals surface area contributed by atoms with E-state index in [1.54, 1.807) is 18.5 Å². The van der Waals surface area contributed by atoms with Crippen LogP contribution in [0, 0.1) is 11.3 Å². The van der Waals surface area contributed by atoms with Crippen molar-refractivity contribution in [1.82, 2.24) is 4.98 Å². The first-order valence-electron chi connectivity index (χ1n) is 5.39. The molecular weight excluding hydrogens is 204 g/mol. The number of pyridine rings is 1. The van der Waals surface area contributed by atoms with Crippen LogP contribution in [-0.2, 0) is 11.4 Å². The molecule has 2 rings (SSSR count). The van der Waals surface area contributed by atoms with Crippen molar-refractivity contribution < 1.29 is 9.90 Å². The van der Waals surface area contributed by atoms with Crippen molar-refractivity contribution in [3.05, 3.63) is 24.0 Å². The van der Waals surface area contributed by atoms with Crippen molar-refractivity contribution in [2.45, 2.75) is 26.9 Å². The summed E-state index contributed by atoms with van der Waals surface area (Å²) in [5.41, 5.74) is 1.42. The molecule has 0 saturated heterocycles. The summed E-state index contributed by atoms with van der Waals surface area (Å²) >= 11 is 0. The van der Waals surface area contributed by atoms with Gasteiger partial charge in [-0.1, -0.05) is 13.8 Å². The van der Waals surface area contributed by atoms with Gasteiger partial charge in [0.25, 0.3) is 0 Å². The van der Waals surface area contributed by atoms with Crippen LogP contribution in [0.3, 0.4) is 0 Å². The Morgan fingerprint density at radius 2 is 2.38 bits per heavy atom. The molecule has 1 atom stereocenters. The maximum atomic E-state index is 11.8. The molecule has 1 aliphatic carbocycles. The predicted molar refractivity (Wildman–Crippen MR) is 60.7 cm³/mol. The van der Waals surface area contributed by atoms with Gasteiger partial charge in [0, 0.05) is 17.7 Å². The lowest BCUT2D eigenvalue weighted by molar-refractivity contribution is -0.118. The van der Waals surface area contributed by atoms with Gasteiger partial charge in [-0.15, -0.1) is 0 Å². The van der Waals surface area contributed by atoms with Gasteiger partial charge in [-0.3, -0.25) is 9.78 Å². The molecule has 86 valence electrons. The van der Waals surface area contributed by atoms with E-state index in [0.29, 0.717) is 11.3 Å². The summed E-state index contributed by atoms with van der Waals surface area (Å²) in [4.78, 5) is 15.8. The molecule has 1 saturated carbocycles. The minimum absolute atomic E-state index is 0.0210. The number of nitrogens with one attached hydrogen (secondary N) is 1. The Hall–Kier alpha value is -1.42. The van der Waals surface area contributed by atoms with E-state index in [0.717, 1.165) is 6.42 Å². The number of hydrogen-bond donors (Lipinski definition) is 2. The molecule has 0 aliphatic heterocycles. The molecule has 0 spiro atoms. The Morgan fingerprint density at radius 3 is 2.94 bits per heavy atom. The molecular formula is C12H16N2O2. The molecule has 1 amide bonds. The standard InChI is InChI=1S/C12H16N2O2/c1-12(2)5-9(12)11(16)14-10-6-13-4-3-8(10)7-15/h3-4,6,9,15H,5,7H2,1-2H3,(H,14,16)/t9-/m1/s1.